The first-order valence-electron chi connectivity index (χ1n) is 7.37. The molecule has 0 saturated heterocycles. The normalized spacial score (nSPS) is 12.1. The Balaban J connectivity index is 2.31. The van der Waals surface area contributed by atoms with Crippen molar-refractivity contribution in [1.29, 1.82) is 0 Å². The summed E-state index contributed by atoms with van der Waals surface area (Å²) < 4.78 is 69.8. The molecule has 0 amide bonds. The van der Waals surface area contributed by atoms with E-state index in [0.717, 1.165) is 12.1 Å². The van der Waals surface area contributed by atoms with Crippen LogP contribution in [-0.4, -0.2) is 53.1 Å². The number of rotatable bonds is 5. The number of phenolic OH excluding ortho intramolecular Hbond substituents is 1. The van der Waals surface area contributed by atoms with E-state index < -0.39 is 41.2 Å². The highest BCUT2D eigenvalue weighted by atomic mass is 35.5. The van der Waals surface area contributed by atoms with Crippen molar-refractivity contribution in [3.8, 4) is 11.8 Å². The standard InChI is InChI=1S/C14H11ClN4O8S2/c1-27-14-18-12(15)17-13(19-14)16-8-2-3-10(29(24,25)26)7-4-6(28(21,22)23)5-9(20)11(7)8/h2-5,20H,1H3,(H,21,22,23)(H,24,25,26)(H,16,17,18,19). The highest BCUT2D eigenvalue weighted by Crippen LogP contribution is 2.38. The van der Waals surface area contributed by atoms with Gasteiger partial charge in [-0.3, -0.25) is 9.11 Å². The molecule has 12 nitrogen and oxygen atoms in total. The summed E-state index contributed by atoms with van der Waals surface area (Å²) in [6.07, 6.45) is 0. The van der Waals surface area contributed by atoms with Gasteiger partial charge in [0.1, 0.15) is 10.6 Å². The van der Waals surface area contributed by atoms with Gasteiger partial charge in [-0.25, -0.2) is 0 Å². The van der Waals surface area contributed by atoms with E-state index in [2.05, 4.69) is 20.3 Å². The zero-order valence-electron chi connectivity index (χ0n) is 14.2. The molecule has 0 aliphatic rings. The number of aromatic nitrogens is 3. The van der Waals surface area contributed by atoms with Crippen molar-refractivity contribution >= 4 is 54.2 Å². The second kappa shape index (κ2) is 7.23. The monoisotopic (exact) mass is 462 g/mol. The van der Waals surface area contributed by atoms with Crippen LogP contribution >= 0.6 is 11.6 Å². The number of methoxy groups -OCH3 is 1. The SMILES string of the molecule is COc1nc(Cl)nc(Nc2ccc(S(=O)(=O)O)c3cc(S(=O)(=O)O)cc(O)c23)n1. The van der Waals surface area contributed by atoms with Crippen LogP contribution in [0.15, 0.2) is 34.1 Å². The van der Waals surface area contributed by atoms with E-state index in [0.29, 0.717) is 6.07 Å². The molecule has 0 saturated carbocycles. The largest absolute Gasteiger partial charge is 0.507 e. The number of hydrogen-bond donors (Lipinski definition) is 4. The number of hydrogen-bond acceptors (Lipinski definition) is 10. The molecule has 0 atom stereocenters. The van der Waals surface area contributed by atoms with Crippen molar-refractivity contribution in [3.05, 3.63) is 29.5 Å². The van der Waals surface area contributed by atoms with E-state index in [4.69, 9.17) is 16.3 Å². The van der Waals surface area contributed by atoms with Crippen molar-refractivity contribution < 1.29 is 35.8 Å². The van der Waals surface area contributed by atoms with Gasteiger partial charge in [0, 0.05) is 16.8 Å². The molecule has 4 N–H and O–H groups in total. The van der Waals surface area contributed by atoms with E-state index in [-0.39, 0.29) is 28.3 Å². The summed E-state index contributed by atoms with van der Waals surface area (Å²) in [5.74, 6) is -0.851. The molecule has 1 heterocycles. The molecule has 29 heavy (non-hydrogen) atoms. The lowest BCUT2D eigenvalue weighted by Gasteiger charge is -2.13. The van der Waals surface area contributed by atoms with E-state index >= 15 is 0 Å². The summed E-state index contributed by atoms with van der Waals surface area (Å²) in [5.41, 5.74) is 0.0242. The first kappa shape index (κ1) is 20.9. The lowest BCUT2D eigenvalue weighted by Crippen LogP contribution is -2.05. The topological polar surface area (TPSA) is 189 Å². The molecule has 3 aromatic rings. The Morgan fingerprint density at radius 2 is 1.72 bits per heavy atom. The van der Waals surface area contributed by atoms with Crippen LogP contribution in [0.2, 0.25) is 5.28 Å². The first-order valence-corrected chi connectivity index (χ1v) is 10.6. The maximum absolute atomic E-state index is 11.7. The summed E-state index contributed by atoms with van der Waals surface area (Å²) in [6.45, 7) is 0. The number of aromatic hydroxyl groups is 1. The Labute approximate surface area is 168 Å². The van der Waals surface area contributed by atoms with Crippen molar-refractivity contribution in [2.24, 2.45) is 0 Å². The van der Waals surface area contributed by atoms with Crippen LogP contribution in [-0.2, 0) is 20.2 Å². The number of anilines is 2. The van der Waals surface area contributed by atoms with Crippen LogP contribution in [0.5, 0.6) is 11.8 Å². The van der Waals surface area contributed by atoms with E-state index in [1.54, 1.807) is 0 Å². The average Bonchev–Trinajstić information content (AvgIpc) is 2.59. The van der Waals surface area contributed by atoms with Crippen molar-refractivity contribution in [3.63, 3.8) is 0 Å². The molecule has 0 spiro atoms. The highest BCUT2D eigenvalue weighted by Gasteiger charge is 2.22. The van der Waals surface area contributed by atoms with Gasteiger partial charge in [0.25, 0.3) is 20.2 Å². The predicted molar refractivity (Wildman–Crippen MR) is 99.9 cm³/mol. The van der Waals surface area contributed by atoms with Crippen LogP contribution in [0.25, 0.3) is 10.8 Å². The van der Waals surface area contributed by atoms with Gasteiger partial charge >= 0.3 is 6.01 Å². The Hall–Kier alpha value is -2.78. The van der Waals surface area contributed by atoms with Crippen molar-refractivity contribution in [2.45, 2.75) is 9.79 Å². The summed E-state index contributed by atoms with van der Waals surface area (Å²) >= 11 is 5.76. The third kappa shape index (κ3) is 4.30. The van der Waals surface area contributed by atoms with Crippen LogP contribution < -0.4 is 10.1 Å². The number of nitrogens with one attached hydrogen (secondary N) is 1. The van der Waals surface area contributed by atoms with Gasteiger partial charge in [-0.1, -0.05) is 0 Å². The van der Waals surface area contributed by atoms with Crippen molar-refractivity contribution in [1.82, 2.24) is 15.0 Å². The molecular weight excluding hydrogens is 452 g/mol. The molecule has 0 aliphatic heterocycles. The Morgan fingerprint density at radius 3 is 2.31 bits per heavy atom. The van der Waals surface area contributed by atoms with Gasteiger partial charge in [0.2, 0.25) is 11.2 Å². The molecule has 0 unspecified atom stereocenters. The van der Waals surface area contributed by atoms with E-state index in [9.17, 15) is 31.0 Å². The summed E-state index contributed by atoms with van der Waals surface area (Å²) in [7, 11) is -8.32. The fraction of sp³-hybridized carbons (Fsp3) is 0.0714. The Morgan fingerprint density at radius 1 is 1.03 bits per heavy atom. The Bertz CT molecular complexity index is 1350. The van der Waals surface area contributed by atoms with Crippen LogP contribution in [0, 0.1) is 0 Å². The van der Waals surface area contributed by atoms with Crippen molar-refractivity contribution in [2.75, 3.05) is 12.4 Å². The molecular formula is C14H11ClN4O8S2. The minimum absolute atomic E-state index is 0.0242. The minimum atomic E-state index is -4.81. The number of phenols is 1. The molecule has 0 aliphatic carbocycles. The molecule has 154 valence electrons. The third-order valence-corrected chi connectivity index (χ3v) is 5.53. The van der Waals surface area contributed by atoms with E-state index in [1.807, 2.05) is 0 Å². The zero-order chi connectivity index (χ0) is 21.6. The second-order valence-corrected chi connectivity index (χ2v) is 8.62. The third-order valence-electron chi connectivity index (χ3n) is 3.62. The number of halogens is 1. The fourth-order valence-corrected chi connectivity index (χ4v) is 3.85. The van der Waals surface area contributed by atoms with E-state index in [1.165, 1.54) is 13.2 Å². The smallest absolute Gasteiger partial charge is 0.322 e. The van der Waals surface area contributed by atoms with Crippen LogP contribution in [0.1, 0.15) is 0 Å². The zero-order valence-corrected chi connectivity index (χ0v) is 16.6. The lowest BCUT2D eigenvalue weighted by molar-refractivity contribution is 0.379. The van der Waals surface area contributed by atoms with Crippen LogP contribution in [0.3, 0.4) is 0 Å². The second-order valence-electron chi connectivity index (χ2n) is 5.47. The number of ether oxygens (including phenoxy) is 1. The number of benzene rings is 2. The van der Waals surface area contributed by atoms with Gasteiger partial charge in [-0.2, -0.15) is 31.8 Å². The minimum Gasteiger partial charge on any atom is -0.507 e. The number of nitrogens with zero attached hydrogens (tertiary/aromatic N) is 3. The highest BCUT2D eigenvalue weighted by molar-refractivity contribution is 7.86. The summed E-state index contributed by atoms with van der Waals surface area (Å²) in [5, 5.41) is 12.2. The molecule has 3 rings (SSSR count). The predicted octanol–water partition coefficient (Wildman–Crippen LogP) is 1.63. The summed E-state index contributed by atoms with van der Waals surface area (Å²) in [4.78, 5) is 9.89. The van der Waals surface area contributed by atoms with Gasteiger partial charge in [0.05, 0.1) is 17.7 Å². The molecule has 0 fully saturated rings. The summed E-state index contributed by atoms with van der Waals surface area (Å²) in [6, 6.07) is 3.47. The molecule has 0 radical (unpaired) electrons. The molecule has 2 aromatic carbocycles. The number of fused-ring (bicyclic) bond motifs is 1. The fourth-order valence-electron chi connectivity index (χ4n) is 2.49. The maximum Gasteiger partial charge on any atom is 0.322 e. The average molecular weight is 463 g/mol. The van der Waals surface area contributed by atoms with Gasteiger partial charge < -0.3 is 15.2 Å². The molecule has 0 bridgehead atoms. The quantitative estimate of drug-likeness (QED) is 0.401. The van der Waals surface area contributed by atoms with Gasteiger partial charge in [-0.15, -0.1) is 0 Å². The van der Waals surface area contributed by atoms with Gasteiger partial charge in [-0.05, 0) is 29.8 Å². The van der Waals surface area contributed by atoms with Gasteiger partial charge in [0.15, 0.2) is 0 Å². The molecule has 15 heteroatoms. The maximum atomic E-state index is 11.7. The first-order chi connectivity index (χ1) is 13.4. The Kier molecular flexibility index (Phi) is 5.22. The lowest BCUT2D eigenvalue weighted by atomic mass is 10.1. The molecule has 1 aromatic heterocycles. The van der Waals surface area contributed by atoms with Crippen LogP contribution in [0.4, 0.5) is 11.6 Å².